The summed E-state index contributed by atoms with van der Waals surface area (Å²) in [4.78, 5) is 0. The summed E-state index contributed by atoms with van der Waals surface area (Å²) in [5, 5.41) is 5.65. The van der Waals surface area contributed by atoms with Crippen LogP contribution in [0.15, 0.2) is 164 Å². The van der Waals surface area contributed by atoms with E-state index in [1.54, 1.807) is 0 Å². The van der Waals surface area contributed by atoms with Gasteiger partial charge in [0.2, 0.25) is 0 Å². The van der Waals surface area contributed by atoms with Gasteiger partial charge in [-0.25, -0.2) is 0 Å². The first-order chi connectivity index (χ1) is 22.2. The summed E-state index contributed by atoms with van der Waals surface area (Å²) in [6.07, 6.45) is 0. The molecule has 9 aromatic rings. The lowest BCUT2D eigenvalue weighted by Gasteiger charge is -2.13. The number of para-hydroxylation sites is 5. The molecule has 0 aliphatic carbocycles. The first-order valence-electron chi connectivity index (χ1n) is 15.2. The summed E-state index contributed by atoms with van der Waals surface area (Å²) in [5.74, 6) is 0. The van der Waals surface area contributed by atoms with Crippen molar-refractivity contribution in [2.24, 2.45) is 0 Å². The number of halogens is 1. The van der Waals surface area contributed by atoms with E-state index in [0.717, 1.165) is 33.6 Å². The minimum Gasteiger partial charge on any atom is -0.309 e. The fourth-order valence-electron chi connectivity index (χ4n) is 7.01. The third kappa shape index (κ3) is 4.11. The molecule has 0 aliphatic rings. The summed E-state index contributed by atoms with van der Waals surface area (Å²) in [7, 11) is 0. The summed E-state index contributed by atoms with van der Waals surface area (Å²) < 4.78 is 4.74. The molecule has 0 saturated heterocycles. The fraction of sp³-hybridized carbons (Fsp3) is 0. The monoisotopic (exact) mass is 594 g/mol. The predicted molar refractivity (Wildman–Crippen MR) is 191 cm³/mol. The Morgan fingerprint density at radius 1 is 0.356 bits per heavy atom. The summed E-state index contributed by atoms with van der Waals surface area (Å²) in [6, 6.07) is 58.3. The number of rotatable bonds is 4. The number of benzene rings is 7. The Morgan fingerprint density at radius 2 is 0.911 bits per heavy atom. The van der Waals surface area contributed by atoms with Gasteiger partial charge in [0.25, 0.3) is 0 Å². The summed E-state index contributed by atoms with van der Waals surface area (Å²) in [6.45, 7) is 0. The predicted octanol–water partition coefficient (Wildman–Crippen LogP) is 11.9. The molecule has 0 spiro atoms. The fourth-order valence-corrected chi connectivity index (χ4v) is 7.25. The van der Waals surface area contributed by atoms with Gasteiger partial charge in [-0.15, -0.1) is 0 Å². The Hall–Kier alpha value is -5.57. The van der Waals surface area contributed by atoms with Crippen molar-refractivity contribution in [1.82, 2.24) is 9.13 Å². The lowest BCUT2D eigenvalue weighted by Crippen LogP contribution is -1.95. The van der Waals surface area contributed by atoms with Crippen LogP contribution in [0, 0.1) is 0 Å². The van der Waals surface area contributed by atoms with Crippen LogP contribution in [-0.4, -0.2) is 9.13 Å². The maximum atomic E-state index is 6.93. The van der Waals surface area contributed by atoms with Crippen molar-refractivity contribution in [2.75, 3.05) is 0 Å². The van der Waals surface area contributed by atoms with Crippen LogP contribution in [0.4, 0.5) is 0 Å². The Bertz CT molecular complexity index is 2540. The van der Waals surface area contributed by atoms with Gasteiger partial charge < -0.3 is 9.13 Å². The minimum absolute atomic E-state index is 0.713. The zero-order valence-corrected chi connectivity index (χ0v) is 25.1. The molecule has 0 radical (unpaired) electrons. The molecule has 2 heterocycles. The van der Waals surface area contributed by atoms with Gasteiger partial charge in [0.15, 0.2) is 0 Å². The van der Waals surface area contributed by atoms with E-state index in [1.807, 2.05) is 0 Å². The second-order valence-corrected chi connectivity index (χ2v) is 12.0. The van der Waals surface area contributed by atoms with Gasteiger partial charge in [-0.2, -0.15) is 0 Å². The van der Waals surface area contributed by atoms with E-state index >= 15 is 0 Å². The Kier molecular flexibility index (Phi) is 5.90. The van der Waals surface area contributed by atoms with Crippen molar-refractivity contribution in [3.8, 4) is 33.6 Å². The highest BCUT2D eigenvalue weighted by atomic mass is 35.5. The molecule has 2 nitrogen and oxygen atoms in total. The van der Waals surface area contributed by atoms with Crippen LogP contribution in [0.3, 0.4) is 0 Å². The molecule has 0 aliphatic heterocycles. The van der Waals surface area contributed by atoms with Gasteiger partial charge >= 0.3 is 0 Å². The number of aromatic nitrogens is 2. The normalized spacial score (nSPS) is 11.7. The van der Waals surface area contributed by atoms with Gasteiger partial charge in [0.1, 0.15) is 0 Å². The van der Waals surface area contributed by atoms with Crippen molar-refractivity contribution < 1.29 is 0 Å². The van der Waals surface area contributed by atoms with E-state index in [2.05, 4.69) is 173 Å². The zero-order valence-electron chi connectivity index (χ0n) is 24.4. The highest BCUT2D eigenvalue weighted by molar-refractivity contribution is 6.31. The van der Waals surface area contributed by atoms with Crippen LogP contribution in [-0.2, 0) is 0 Å². The van der Waals surface area contributed by atoms with E-state index < -0.39 is 0 Å². The summed E-state index contributed by atoms with van der Waals surface area (Å²) in [5.41, 5.74) is 11.5. The maximum absolute atomic E-state index is 6.93. The van der Waals surface area contributed by atoms with Crippen molar-refractivity contribution in [2.45, 2.75) is 0 Å². The molecule has 45 heavy (non-hydrogen) atoms. The van der Waals surface area contributed by atoms with Gasteiger partial charge in [-0.3, -0.25) is 0 Å². The molecule has 7 aromatic carbocycles. The molecule has 212 valence electrons. The van der Waals surface area contributed by atoms with Crippen molar-refractivity contribution in [1.29, 1.82) is 0 Å². The third-order valence-corrected chi connectivity index (χ3v) is 9.16. The quantitative estimate of drug-likeness (QED) is 0.192. The van der Waals surface area contributed by atoms with Crippen LogP contribution in [0.5, 0.6) is 0 Å². The molecule has 0 amide bonds. The van der Waals surface area contributed by atoms with Crippen LogP contribution in [0.2, 0.25) is 5.02 Å². The Labute approximate surface area is 266 Å². The molecule has 0 saturated carbocycles. The number of nitrogens with zero attached hydrogens (tertiary/aromatic N) is 2. The molecule has 9 rings (SSSR count). The molecule has 2 aromatic heterocycles. The van der Waals surface area contributed by atoms with E-state index in [-0.39, 0.29) is 0 Å². The topological polar surface area (TPSA) is 9.86 Å². The van der Waals surface area contributed by atoms with Crippen LogP contribution >= 0.6 is 11.6 Å². The van der Waals surface area contributed by atoms with E-state index in [4.69, 9.17) is 11.6 Å². The van der Waals surface area contributed by atoms with Crippen molar-refractivity contribution in [3.05, 3.63) is 169 Å². The average Bonchev–Trinajstić information content (AvgIpc) is 3.61. The third-order valence-electron chi connectivity index (χ3n) is 8.94. The van der Waals surface area contributed by atoms with E-state index in [1.165, 1.54) is 43.6 Å². The molecular weight excluding hydrogens is 568 g/mol. The van der Waals surface area contributed by atoms with Crippen LogP contribution in [0.1, 0.15) is 0 Å². The first kappa shape index (κ1) is 25.9. The standard InChI is InChI=1S/C42H27ClN2/c43-31-25-29(28-22-23-37-35-16-7-9-20-39(35)44(41(37)27-28)32-12-3-1-4-13-32)24-30(26-31)34-18-11-19-38-36-17-8-10-21-40(36)45(42(34)38)33-14-5-2-6-15-33/h1-27H. The second-order valence-electron chi connectivity index (χ2n) is 11.5. The SMILES string of the molecule is Clc1cc(-c2ccc3c4ccccc4n(-c4ccccc4)c3c2)cc(-c2cccc3c4ccccc4n(-c4ccccc4)c23)c1. The zero-order chi connectivity index (χ0) is 29.9. The highest BCUT2D eigenvalue weighted by Crippen LogP contribution is 2.41. The number of hydrogen-bond donors (Lipinski definition) is 0. The highest BCUT2D eigenvalue weighted by Gasteiger charge is 2.18. The number of hydrogen-bond acceptors (Lipinski definition) is 0. The molecule has 3 heteroatoms. The number of fused-ring (bicyclic) bond motifs is 6. The first-order valence-corrected chi connectivity index (χ1v) is 15.6. The van der Waals surface area contributed by atoms with Crippen LogP contribution < -0.4 is 0 Å². The second kappa shape index (κ2) is 10.3. The van der Waals surface area contributed by atoms with Crippen molar-refractivity contribution >= 4 is 55.2 Å². The lowest BCUT2D eigenvalue weighted by molar-refractivity contribution is 1.18. The smallest absolute Gasteiger partial charge is 0.0619 e. The summed E-state index contributed by atoms with van der Waals surface area (Å²) >= 11 is 6.93. The molecule has 0 fully saturated rings. The van der Waals surface area contributed by atoms with E-state index in [0.29, 0.717) is 5.02 Å². The van der Waals surface area contributed by atoms with Gasteiger partial charge in [0.05, 0.1) is 22.1 Å². The minimum atomic E-state index is 0.713. The largest absolute Gasteiger partial charge is 0.309 e. The Balaban J connectivity index is 1.28. The molecule has 0 bridgehead atoms. The van der Waals surface area contributed by atoms with E-state index in [9.17, 15) is 0 Å². The lowest BCUT2D eigenvalue weighted by atomic mass is 9.96. The van der Waals surface area contributed by atoms with Gasteiger partial charge in [-0.1, -0.05) is 115 Å². The van der Waals surface area contributed by atoms with Crippen LogP contribution in [0.25, 0.3) is 77.2 Å². The Morgan fingerprint density at radius 3 is 1.64 bits per heavy atom. The maximum Gasteiger partial charge on any atom is 0.0619 e. The molecule has 0 unspecified atom stereocenters. The van der Waals surface area contributed by atoms with Gasteiger partial charge in [-0.05, 0) is 77.4 Å². The molecular formula is C42H27ClN2. The molecule has 0 atom stereocenters. The van der Waals surface area contributed by atoms with Gasteiger partial charge in [0, 0.05) is 43.5 Å². The molecule has 0 N–H and O–H groups in total. The van der Waals surface area contributed by atoms with Crippen molar-refractivity contribution in [3.63, 3.8) is 0 Å². The average molecular weight is 595 g/mol.